The molecule has 1 aliphatic rings. The van der Waals surface area contributed by atoms with Crippen LogP contribution in [0, 0.1) is 6.92 Å². The van der Waals surface area contributed by atoms with Gasteiger partial charge in [0.05, 0.1) is 23.1 Å². The summed E-state index contributed by atoms with van der Waals surface area (Å²) in [6, 6.07) is 6.52. The van der Waals surface area contributed by atoms with Gasteiger partial charge in [-0.3, -0.25) is 0 Å². The molecule has 1 aromatic heterocycles. The van der Waals surface area contributed by atoms with Gasteiger partial charge < -0.3 is 9.64 Å². The summed E-state index contributed by atoms with van der Waals surface area (Å²) in [4.78, 5) is 17.4. The maximum atomic E-state index is 13.2. The van der Waals surface area contributed by atoms with Gasteiger partial charge in [-0.05, 0) is 49.2 Å². The second kappa shape index (κ2) is 8.83. The number of alkyl halides is 3. The molecule has 1 saturated heterocycles. The van der Waals surface area contributed by atoms with E-state index in [1.165, 1.54) is 35.7 Å². The highest BCUT2D eigenvalue weighted by molar-refractivity contribution is 7.89. The Morgan fingerprint density at radius 2 is 1.84 bits per heavy atom. The molecule has 0 N–H and O–H groups in total. The Balaban J connectivity index is 1.76. The Kier molecular flexibility index (Phi) is 6.56. The van der Waals surface area contributed by atoms with Crippen molar-refractivity contribution in [1.82, 2.24) is 9.29 Å². The minimum Gasteiger partial charge on any atom is -0.465 e. The lowest BCUT2D eigenvalue weighted by Gasteiger charge is -2.23. The number of nitrogens with zero attached hydrogens (tertiary/aromatic N) is 3. The van der Waals surface area contributed by atoms with E-state index in [0.717, 1.165) is 12.3 Å². The number of pyridine rings is 1. The first-order valence-corrected chi connectivity index (χ1v) is 11.0. The third kappa shape index (κ3) is 4.99. The van der Waals surface area contributed by atoms with Crippen LogP contribution in [0.2, 0.25) is 0 Å². The predicted octanol–water partition coefficient (Wildman–Crippen LogP) is 3.10. The van der Waals surface area contributed by atoms with E-state index >= 15 is 0 Å². The lowest BCUT2D eigenvalue weighted by atomic mass is 10.1. The number of anilines is 1. The largest absolute Gasteiger partial charge is 0.465 e. The summed E-state index contributed by atoms with van der Waals surface area (Å²) in [5, 5.41) is 0. The fraction of sp³-hybridized carbons (Fsp3) is 0.400. The number of hydrogen-bond donors (Lipinski definition) is 0. The number of carbonyl (C=O) groups is 1. The molecule has 3 rings (SSSR count). The zero-order valence-corrected chi connectivity index (χ0v) is 17.8. The molecule has 0 atom stereocenters. The van der Waals surface area contributed by atoms with Crippen molar-refractivity contribution in [2.24, 2.45) is 0 Å². The Labute approximate surface area is 178 Å². The molecule has 1 fully saturated rings. The van der Waals surface area contributed by atoms with E-state index in [-0.39, 0.29) is 30.1 Å². The Morgan fingerprint density at radius 1 is 1.10 bits per heavy atom. The molecule has 2 heterocycles. The van der Waals surface area contributed by atoms with Crippen LogP contribution in [0.5, 0.6) is 0 Å². The highest BCUT2D eigenvalue weighted by Gasteiger charge is 2.32. The van der Waals surface area contributed by atoms with Gasteiger partial charge in [0.25, 0.3) is 0 Å². The maximum absolute atomic E-state index is 13.2. The van der Waals surface area contributed by atoms with E-state index in [1.54, 1.807) is 11.8 Å². The number of esters is 1. The van der Waals surface area contributed by atoms with E-state index < -0.39 is 27.7 Å². The standard InChI is InChI=1S/C20H22F3N3O4S/c1-14-12-15(19(27)30-2)4-6-17(14)31(28,29)26-9-3-8-25(10-11-26)18-7-5-16(13-24-18)20(21,22)23/h4-7,12-13H,3,8-11H2,1-2H3. The number of aryl methyl sites for hydroxylation is 1. The molecular weight excluding hydrogens is 435 g/mol. The van der Waals surface area contributed by atoms with Crippen molar-refractivity contribution in [3.63, 3.8) is 0 Å². The maximum Gasteiger partial charge on any atom is 0.417 e. The molecule has 0 unspecified atom stereocenters. The van der Waals surface area contributed by atoms with Gasteiger partial charge in [0.2, 0.25) is 10.0 Å². The summed E-state index contributed by atoms with van der Waals surface area (Å²) < 4.78 is 70.5. The minimum atomic E-state index is -4.46. The third-order valence-electron chi connectivity index (χ3n) is 5.07. The van der Waals surface area contributed by atoms with E-state index in [2.05, 4.69) is 9.72 Å². The molecule has 0 saturated carbocycles. The number of hydrogen-bond acceptors (Lipinski definition) is 6. The van der Waals surface area contributed by atoms with E-state index in [0.29, 0.717) is 24.3 Å². The number of aromatic nitrogens is 1. The molecule has 0 bridgehead atoms. The monoisotopic (exact) mass is 457 g/mol. The molecule has 0 amide bonds. The molecule has 2 aromatic rings. The second-order valence-corrected chi connectivity index (χ2v) is 9.03. The summed E-state index contributed by atoms with van der Waals surface area (Å²) >= 11 is 0. The van der Waals surface area contributed by atoms with Crippen LogP contribution in [-0.4, -0.2) is 57.0 Å². The molecule has 1 aromatic carbocycles. The van der Waals surface area contributed by atoms with Crippen molar-refractivity contribution in [3.05, 3.63) is 53.2 Å². The Bertz CT molecular complexity index is 1060. The average Bonchev–Trinajstić information content (AvgIpc) is 2.99. The summed E-state index contributed by atoms with van der Waals surface area (Å²) in [5.41, 5.74) is -0.149. The van der Waals surface area contributed by atoms with Crippen LogP contribution in [0.4, 0.5) is 19.0 Å². The number of rotatable bonds is 4. The van der Waals surface area contributed by atoms with Crippen LogP contribution in [0.25, 0.3) is 0 Å². The van der Waals surface area contributed by atoms with Crippen LogP contribution >= 0.6 is 0 Å². The summed E-state index contributed by atoms with van der Waals surface area (Å²) in [5.74, 6) is -0.188. The fourth-order valence-electron chi connectivity index (χ4n) is 3.43. The molecule has 0 aliphatic carbocycles. The highest BCUT2D eigenvalue weighted by atomic mass is 32.2. The normalized spacial score (nSPS) is 16.1. The lowest BCUT2D eigenvalue weighted by Crippen LogP contribution is -2.35. The van der Waals surface area contributed by atoms with Crippen LogP contribution in [0.1, 0.15) is 27.9 Å². The second-order valence-electron chi connectivity index (χ2n) is 7.12. The third-order valence-corrected chi connectivity index (χ3v) is 7.13. The zero-order chi connectivity index (χ0) is 22.8. The Morgan fingerprint density at radius 3 is 2.42 bits per heavy atom. The highest BCUT2D eigenvalue weighted by Crippen LogP contribution is 2.30. The van der Waals surface area contributed by atoms with Gasteiger partial charge >= 0.3 is 12.1 Å². The molecule has 11 heteroatoms. The molecule has 0 radical (unpaired) electrons. The van der Waals surface area contributed by atoms with E-state index in [1.807, 2.05) is 0 Å². The summed E-state index contributed by atoms with van der Waals surface area (Å²) in [6.07, 6.45) is -3.20. The number of methoxy groups -OCH3 is 1. The first-order valence-electron chi connectivity index (χ1n) is 9.51. The zero-order valence-electron chi connectivity index (χ0n) is 17.0. The summed E-state index contributed by atoms with van der Waals surface area (Å²) in [6.45, 7) is 2.78. The molecular formula is C20H22F3N3O4S. The number of sulfonamides is 1. The van der Waals surface area contributed by atoms with Crippen LogP contribution < -0.4 is 4.90 Å². The average molecular weight is 457 g/mol. The van der Waals surface area contributed by atoms with Crippen molar-refractivity contribution in [1.29, 1.82) is 0 Å². The number of halogens is 3. The van der Waals surface area contributed by atoms with Crippen molar-refractivity contribution >= 4 is 21.8 Å². The van der Waals surface area contributed by atoms with Crippen molar-refractivity contribution < 1.29 is 31.1 Å². The lowest BCUT2D eigenvalue weighted by molar-refractivity contribution is -0.137. The van der Waals surface area contributed by atoms with Crippen molar-refractivity contribution in [2.75, 3.05) is 38.2 Å². The SMILES string of the molecule is COC(=O)c1ccc(S(=O)(=O)N2CCCN(c3ccc(C(F)(F)F)cn3)CC2)c(C)c1. The van der Waals surface area contributed by atoms with Gasteiger partial charge in [-0.15, -0.1) is 0 Å². The Hall–Kier alpha value is -2.66. The minimum absolute atomic E-state index is 0.0984. The van der Waals surface area contributed by atoms with Gasteiger partial charge in [0.15, 0.2) is 0 Å². The van der Waals surface area contributed by atoms with Gasteiger partial charge in [0.1, 0.15) is 5.82 Å². The molecule has 168 valence electrons. The molecule has 7 nitrogen and oxygen atoms in total. The van der Waals surface area contributed by atoms with E-state index in [4.69, 9.17) is 0 Å². The fourth-order valence-corrected chi connectivity index (χ4v) is 5.10. The van der Waals surface area contributed by atoms with Crippen LogP contribution in [-0.2, 0) is 20.9 Å². The van der Waals surface area contributed by atoms with Crippen LogP contribution in [0.15, 0.2) is 41.4 Å². The molecule has 1 aliphatic heterocycles. The van der Waals surface area contributed by atoms with Gasteiger partial charge in [-0.2, -0.15) is 17.5 Å². The smallest absolute Gasteiger partial charge is 0.417 e. The quantitative estimate of drug-likeness (QED) is 0.657. The molecule has 0 spiro atoms. The van der Waals surface area contributed by atoms with Gasteiger partial charge in [-0.25, -0.2) is 18.2 Å². The van der Waals surface area contributed by atoms with Crippen LogP contribution in [0.3, 0.4) is 0 Å². The molecule has 31 heavy (non-hydrogen) atoms. The van der Waals surface area contributed by atoms with E-state index in [9.17, 15) is 26.4 Å². The predicted molar refractivity (Wildman–Crippen MR) is 107 cm³/mol. The first-order chi connectivity index (χ1) is 14.5. The van der Waals surface area contributed by atoms with Gasteiger partial charge in [0, 0.05) is 32.4 Å². The number of carbonyl (C=O) groups excluding carboxylic acids is 1. The van der Waals surface area contributed by atoms with Crippen molar-refractivity contribution in [3.8, 4) is 0 Å². The first kappa shape index (κ1) is 23.0. The van der Waals surface area contributed by atoms with Crippen molar-refractivity contribution in [2.45, 2.75) is 24.4 Å². The number of benzene rings is 1. The topological polar surface area (TPSA) is 79.8 Å². The number of ether oxygens (including phenoxy) is 1. The summed E-state index contributed by atoms with van der Waals surface area (Å²) in [7, 11) is -2.56. The van der Waals surface area contributed by atoms with Gasteiger partial charge in [-0.1, -0.05) is 0 Å².